The van der Waals surface area contributed by atoms with Crippen molar-refractivity contribution in [1.29, 1.82) is 0 Å². The standard InChI is InChI=1S/C33H41N5O4/c1-33(2,3)42-32(41)37-19-15-23(16-20-37)28-29(24-9-7-6-8-10-24)34-38(31(28)40)27-13-11-25(12-14-27)30(39)36-21-17-26(18-22-36)35(4)5/h6-14,26H,15-22H2,1-5H3. The Morgan fingerprint density at radius 3 is 2.07 bits per heavy atom. The van der Waals surface area contributed by atoms with E-state index in [1.807, 2.05) is 56.0 Å². The molecule has 0 aromatic heterocycles. The number of anilines is 1. The summed E-state index contributed by atoms with van der Waals surface area (Å²) >= 11 is 0. The summed E-state index contributed by atoms with van der Waals surface area (Å²) in [6.07, 6.45) is 2.72. The number of hydrazone groups is 1. The third kappa shape index (κ3) is 6.41. The molecule has 0 radical (unpaired) electrons. The summed E-state index contributed by atoms with van der Waals surface area (Å²) in [5.41, 5.74) is 3.72. The second-order valence-corrected chi connectivity index (χ2v) is 12.4. The van der Waals surface area contributed by atoms with Crippen LogP contribution in [0.15, 0.2) is 70.8 Å². The molecule has 0 N–H and O–H groups in total. The zero-order valence-electron chi connectivity index (χ0n) is 25.3. The largest absolute Gasteiger partial charge is 0.444 e. The Bertz CT molecular complexity index is 1370. The number of amides is 3. The molecule has 3 aliphatic heterocycles. The van der Waals surface area contributed by atoms with E-state index in [1.54, 1.807) is 29.2 Å². The van der Waals surface area contributed by atoms with Crippen LogP contribution in [-0.2, 0) is 9.53 Å². The van der Waals surface area contributed by atoms with Crippen LogP contribution >= 0.6 is 0 Å². The second kappa shape index (κ2) is 12.1. The number of nitrogens with zero attached hydrogens (tertiary/aromatic N) is 5. The topological polar surface area (TPSA) is 85.8 Å². The Hall–Kier alpha value is -3.98. The highest BCUT2D eigenvalue weighted by molar-refractivity contribution is 6.35. The van der Waals surface area contributed by atoms with E-state index < -0.39 is 5.60 Å². The monoisotopic (exact) mass is 571 g/mol. The molecule has 222 valence electrons. The Kier molecular flexibility index (Phi) is 8.50. The molecule has 0 bridgehead atoms. The molecule has 3 amide bonds. The Labute approximate surface area is 248 Å². The molecule has 3 heterocycles. The van der Waals surface area contributed by atoms with Gasteiger partial charge in [-0.2, -0.15) is 10.1 Å². The van der Waals surface area contributed by atoms with Crippen molar-refractivity contribution in [3.8, 4) is 0 Å². The van der Waals surface area contributed by atoms with Gasteiger partial charge in [-0.25, -0.2) is 4.79 Å². The maximum Gasteiger partial charge on any atom is 0.410 e. The van der Waals surface area contributed by atoms with Gasteiger partial charge in [-0.1, -0.05) is 35.9 Å². The molecule has 9 heteroatoms. The van der Waals surface area contributed by atoms with Gasteiger partial charge in [-0.3, -0.25) is 9.59 Å². The highest BCUT2D eigenvalue weighted by Crippen LogP contribution is 2.32. The van der Waals surface area contributed by atoms with Gasteiger partial charge in [0.05, 0.1) is 11.3 Å². The van der Waals surface area contributed by atoms with Gasteiger partial charge in [0.15, 0.2) is 0 Å². The van der Waals surface area contributed by atoms with Crippen molar-refractivity contribution < 1.29 is 19.1 Å². The molecule has 42 heavy (non-hydrogen) atoms. The average Bonchev–Trinajstić information content (AvgIpc) is 3.33. The predicted molar refractivity (Wildman–Crippen MR) is 164 cm³/mol. The fraction of sp³-hybridized carbons (Fsp3) is 0.455. The molecule has 2 fully saturated rings. The minimum atomic E-state index is -0.562. The lowest BCUT2D eigenvalue weighted by Crippen LogP contribution is -2.44. The summed E-state index contributed by atoms with van der Waals surface area (Å²) < 4.78 is 5.55. The summed E-state index contributed by atoms with van der Waals surface area (Å²) in [6, 6.07) is 17.4. The van der Waals surface area contributed by atoms with Crippen LogP contribution in [0.3, 0.4) is 0 Å². The number of carbonyl (C=O) groups is 3. The van der Waals surface area contributed by atoms with Crippen LogP contribution in [0.1, 0.15) is 62.4 Å². The summed E-state index contributed by atoms with van der Waals surface area (Å²) in [6.45, 7) is 7.99. The summed E-state index contributed by atoms with van der Waals surface area (Å²) in [5.74, 6) is -0.182. The van der Waals surface area contributed by atoms with Crippen LogP contribution in [0.5, 0.6) is 0 Å². The molecule has 2 saturated heterocycles. The van der Waals surface area contributed by atoms with Crippen molar-refractivity contribution in [2.75, 3.05) is 45.3 Å². The first-order valence-corrected chi connectivity index (χ1v) is 14.8. The van der Waals surface area contributed by atoms with Gasteiger partial charge >= 0.3 is 6.09 Å². The van der Waals surface area contributed by atoms with Crippen molar-refractivity contribution in [2.24, 2.45) is 5.10 Å². The number of benzene rings is 2. The van der Waals surface area contributed by atoms with Crippen molar-refractivity contribution in [3.05, 3.63) is 76.9 Å². The Balaban J connectivity index is 1.35. The zero-order chi connectivity index (χ0) is 30.0. The van der Waals surface area contributed by atoms with Crippen molar-refractivity contribution >= 4 is 29.3 Å². The molecule has 0 aliphatic carbocycles. The van der Waals surface area contributed by atoms with E-state index >= 15 is 0 Å². The molecule has 2 aromatic rings. The molecule has 2 aromatic carbocycles. The first-order chi connectivity index (χ1) is 20.0. The summed E-state index contributed by atoms with van der Waals surface area (Å²) in [7, 11) is 4.17. The van der Waals surface area contributed by atoms with Gasteiger partial charge in [0.25, 0.3) is 11.8 Å². The van der Waals surface area contributed by atoms with Crippen molar-refractivity contribution in [2.45, 2.75) is 58.1 Å². The van der Waals surface area contributed by atoms with E-state index in [9.17, 15) is 14.4 Å². The van der Waals surface area contributed by atoms with Gasteiger partial charge in [-0.05, 0) is 84.8 Å². The number of carbonyl (C=O) groups excluding carboxylic acids is 3. The van der Waals surface area contributed by atoms with Crippen LogP contribution in [-0.4, -0.2) is 90.2 Å². The molecule has 0 unspecified atom stereocenters. The van der Waals surface area contributed by atoms with E-state index in [4.69, 9.17) is 9.84 Å². The molecule has 5 rings (SSSR count). The number of hydrogen-bond donors (Lipinski definition) is 0. The van der Waals surface area contributed by atoms with Gasteiger partial charge < -0.3 is 19.4 Å². The molecular formula is C33H41N5O4. The average molecular weight is 572 g/mol. The molecule has 0 spiro atoms. The third-order valence-electron chi connectivity index (χ3n) is 8.10. The van der Waals surface area contributed by atoms with Gasteiger partial charge in [0.1, 0.15) is 11.3 Å². The molecule has 3 aliphatic rings. The van der Waals surface area contributed by atoms with Crippen LogP contribution in [0.4, 0.5) is 10.5 Å². The van der Waals surface area contributed by atoms with Gasteiger partial charge in [-0.15, -0.1) is 0 Å². The number of rotatable bonds is 4. The SMILES string of the molecule is CN(C)C1CCN(C(=O)c2ccc(N3N=C(c4ccccc4)C(=C4CCN(C(=O)OC(C)(C)C)CC4)C3=O)cc2)CC1. The quantitative estimate of drug-likeness (QED) is 0.486. The van der Waals surface area contributed by atoms with Crippen LogP contribution in [0.25, 0.3) is 0 Å². The smallest absolute Gasteiger partial charge is 0.410 e. The second-order valence-electron chi connectivity index (χ2n) is 12.4. The van der Waals surface area contributed by atoms with E-state index in [0.29, 0.717) is 54.5 Å². The van der Waals surface area contributed by atoms with Gasteiger partial charge in [0.2, 0.25) is 0 Å². The first-order valence-electron chi connectivity index (χ1n) is 14.8. The fourth-order valence-corrected chi connectivity index (χ4v) is 5.74. The van der Waals surface area contributed by atoms with Crippen molar-refractivity contribution in [1.82, 2.24) is 14.7 Å². The van der Waals surface area contributed by atoms with Crippen LogP contribution in [0, 0.1) is 0 Å². The molecule has 9 nitrogen and oxygen atoms in total. The first kappa shape index (κ1) is 29.5. The molecular weight excluding hydrogens is 530 g/mol. The minimum absolute atomic E-state index is 0.0135. The van der Waals surface area contributed by atoms with Crippen LogP contribution in [0.2, 0.25) is 0 Å². The lowest BCUT2D eigenvalue weighted by molar-refractivity contribution is -0.114. The lowest BCUT2D eigenvalue weighted by atomic mass is 9.92. The summed E-state index contributed by atoms with van der Waals surface area (Å²) in [5, 5.41) is 6.23. The lowest BCUT2D eigenvalue weighted by Gasteiger charge is -2.35. The normalized spacial score (nSPS) is 18.6. The highest BCUT2D eigenvalue weighted by atomic mass is 16.6. The number of likely N-dealkylation sites (tertiary alicyclic amines) is 2. The molecule has 0 atom stereocenters. The van der Waals surface area contributed by atoms with E-state index in [0.717, 1.165) is 37.1 Å². The Morgan fingerprint density at radius 2 is 1.50 bits per heavy atom. The van der Waals surface area contributed by atoms with E-state index in [1.165, 1.54) is 5.01 Å². The predicted octanol–water partition coefficient (Wildman–Crippen LogP) is 4.93. The maximum absolute atomic E-state index is 13.9. The molecule has 0 saturated carbocycles. The fourth-order valence-electron chi connectivity index (χ4n) is 5.74. The Morgan fingerprint density at radius 1 is 0.881 bits per heavy atom. The van der Waals surface area contributed by atoms with Gasteiger partial charge in [0, 0.05) is 43.3 Å². The van der Waals surface area contributed by atoms with E-state index in [2.05, 4.69) is 19.0 Å². The van der Waals surface area contributed by atoms with E-state index in [-0.39, 0.29) is 17.9 Å². The van der Waals surface area contributed by atoms with Crippen LogP contribution < -0.4 is 5.01 Å². The number of hydrogen-bond acceptors (Lipinski definition) is 6. The highest BCUT2D eigenvalue weighted by Gasteiger charge is 2.36. The number of piperidine rings is 2. The minimum Gasteiger partial charge on any atom is -0.444 e. The number of ether oxygens (including phenoxy) is 1. The maximum atomic E-state index is 13.9. The third-order valence-corrected chi connectivity index (χ3v) is 8.10. The zero-order valence-corrected chi connectivity index (χ0v) is 25.3. The van der Waals surface area contributed by atoms with Crippen molar-refractivity contribution in [3.63, 3.8) is 0 Å². The summed E-state index contributed by atoms with van der Waals surface area (Å²) in [4.78, 5) is 45.5.